The number of unbranched alkanes of at least 4 members (excludes halogenated alkanes) is 16. The third kappa shape index (κ3) is 46.2. The first-order valence-electron chi connectivity index (χ1n) is 28.0. The maximum absolute atomic E-state index is 12.4. The first kappa shape index (κ1) is 73.2. The van der Waals surface area contributed by atoms with Gasteiger partial charge in [0.15, 0.2) is 0 Å². The van der Waals surface area contributed by atoms with E-state index in [2.05, 4.69) is 21.3 Å². The maximum Gasteiger partial charge on any atom is 0.326 e. The van der Waals surface area contributed by atoms with Crippen LogP contribution in [0.3, 0.4) is 0 Å². The SMILES string of the molecule is C[C@@H](CSCC(=O)NCCCC[C@H](NC(=O)COCCOCCNC(=O)COCCOCCCC(=O)CC[C@@H](NC(=O)CCCCCCCCCCCCCCCCCCC(=O)O)C(=O)O)C(=O)O)C(=O)C[C@@H](CO)C(=O)O. The van der Waals surface area contributed by atoms with E-state index in [4.69, 9.17) is 34.3 Å². The highest BCUT2D eigenvalue weighted by atomic mass is 32.2. The quantitative estimate of drug-likeness (QED) is 0.0367. The van der Waals surface area contributed by atoms with E-state index >= 15 is 0 Å². The first-order chi connectivity index (χ1) is 37.5. The van der Waals surface area contributed by atoms with Crippen LogP contribution in [0.1, 0.15) is 174 Å². The smallest absolute Gasteiger partial charge is 0.326 e. The Labute approximate surface area is 464 Å². The molecule has 78 heavy (non-hydrogen) atoms. The van der Waals surface area contributed by atoms with Gasteiger partial charge in [0, 0.05) is 63.5 Å². The molecule has 0 bridgehead atoms. The molecule has 0 rings (SSSR count). The second-order valence-corrected chi connectivity index (χ2v) is 20.5. The summed E-state index contributed by atoms with van der Waals surface area (Å²) in [4.78, 5) is 118. The van der Waals surface area contributed by atoms with Crippen LogP contribution < -0.4 is 21.3 Å². The fourth-order valence-corrected chi connectivity index (χ4v) is 8.73. The minimum absolute atomic E-state index is 0.0102. The van der Waals surface area contributed by atoms with Gasteiger partial charge in [-0.15, -0.1) is 0 Å². The number of ether oxygens (including phenoxy) is 4. The summed E-state index contributed by atoms with van der Waals surface area (Å²) >= 11 is 1.21. The van der Waals surface area contributed by atoms with Crippen molar-refractivity contribution in [1.29, 1.82) is 0 Å². The van der Waals surface area contributed by atoms with Gasteiger partial charge >= 0.3 is 23.9 Å². The number of carboxylic acids is 4. The first-order valence-corrected chi connectivity index (χ1v) is 29.2. The Bertz CT molecular complexity index is 1710. The fourth-order valence-electron chi connectivity index (χ4n) is 7.79. The van der Waals surface area contributed by atoms with Crippen molar-refractivity contribution in [2.45, 2.75) is 186 Å². The van der Waals surface area contributed by atoms with Crippen LogP contribution in [0.5, 0.6) is 0 Å². The van der Waals surface area contributed by atoms with Gasteiger partial charge in [-0.25, -0.2) is 9.59 Å². The summed E-state index contributed by atoms with van der Waals surface area (Å²) in [6.07, 6.45) is 19.5. The number of aliphatic hydroxyl groups excluding tert-OH is 1. The molecule has 0 unspecified atom stereocenters. The number of aliphatic carboxylic acids is 4. The third-order valence-electron chi connectivity index (χ3n) is 12.5. The Morgan fingerprint density at radius 1 is 0.449 bits per heavy atom. The molecule has 0 aromatic rings. The zero-order valence-electron chi connectivity index (χ0n) is 46.2. The van der Waals surface area contributed by atoms with E-state index in [1.54, 1.807) is 6.92 Å². The largest absolute Gasteiger partial charge is 0.481 e. The van der Waals surface area contributed by atoms with Crippen molar-refractivity contribution in [3.05, 3.63) is 0 Å². The molecule has 0 fully saturated rings. The van der Waals surface area contributed by atoms with Gasteiger partial charge in [-0.3, -0.25) is 38.4 Å². The number of Topliss-reactive ketones (excluding diaryl/α,β-unsaturated/α-hetero) is 2. The lowest BCUT2D eigenvalue weighted by Gasteiger charge is -2.15. The van der Waals surface area contributed by atoms with E-state index in [-0.39, 0.29) is 139 Å². The third-order valence-corrected chi connectivity index (χ3v) is 13.7. The van der Waals surface area contributed by atoms with Gasteiger partial charge in [-0.1, -0.05) is 96.8 Å². The Kier molecular flexibility index (Phi) is 47.4. The molecule has 0 aliphatic carbocycles. The lowest BCUT2D eigenvalue weighted by atomic mass is 9.97. The molecule has 4 atom stereocenters. The molecule has 0 heterocycles. The zero-order chi connectivity index (χ0) is 58.0. The summed E-state index contributed by atoms with van der Waals surface area (Å²) in [6, 6.07) is -2.28. The standard InChI is InChI=1S/C54H94N4O19S/c1-41(46(61)35-42(36-59)52(68)69)39-78-40-50(65)55-27-19-18-22-44(53(70)71)58-49(64)38-77-34-32-75-30-28-56-48(63)37-76-33-31-74-29-20-21-43(60)25-26-45(54(72)73)57-47(62)23-16-14-12-10-8-6-4-2-3-5-7-9-11-13-15-17-24-51(66)67/h41-42,44-45,59H,2-40H2,1H3,(H,55,65)(H,56,63)(H,57,62)(H,58,64)(H,66,67)(H,68,69)(H,70,71)(H,72,73)/t41-,42-,44-,45+/m0/s1. The van der Waals surface area contributed by atoms with Crippen molar-refractivity contribution in [2.75, 3.05) is 84.1 Å². The molecule has 0 radical (unpaired) electrons. The van der Waals surface area contributed by atoms with Gasteiger partial charge < -0.3 is 65.7 Å². The fraction of sp³-hybridized carbons (Fsp3) is 0.815. The van der Waals surface area contributed by atoms with Crippen molar-refractivity contribution >= 4 is 70.8 Å². The van der Waals surface area contributed by atoms with E-state index in [1.807, 2.05) is 0 Å². The number of rotatable bonds is 57. The number of hydrogen-bond donors (Lipinski definition) is 9. The van der Waals surface area contributed by atoms with Gasteiger partial charge in [0.05, 0.1) is 51.3 Å². The van der Waals surface area contributed by atoms with Crippen LogP contribution in [0.15, 0.2) is 0 Å². The molecule has 0 aliphatic heterocycles. The topological polar surface area (TPSA) is 357 Å². The van der Waals surface area contributed by atoms with Crippen LogP contribution >= 0.6 is 11.8 Å². The molecule has 0 aromatic carbocycles. The van der Waals surface area contributed by atoms with E-state index in [1.165, 1.54) is 69.5 Å². The van der Waals surface area contributed by atoms with Crippen molar-refractivity contribution in [3.8, 4) is 0 Å². The lowest BCUT2D eigenvalue weighted by molar-refractivity contribution is -0.145. The molecular weight excluding hydrogens is 1040 g/mol. The summed E-state index contributed by atoms with van der Waals surface area (Å²) in [5.74, 6) is -7.68. The van der Waals surface area contributed by atoms with Crippen molar-refractivity contribution < 1.29 is 92.4 Å². The second kappa shape index (κ2) is 50.5. The molecule has 0 saturated carbocycles. The molecule has 0 saturated heterocycles. The van der Waals surface area contributed by atoms with Gasteiger partial charge in [0.25, 0.3) is 0 Å². The van der Waals surface area contributed by atoms with Crippen molar-refractivity contribution in [3.63, 3.8) is 0 Å². The average molecular weight is 1140 g/mol. The number of carbonyl (C=O) groups is 10. The molecular formula is C54H94N4O19S. The number of carboxylic acid groups (broad SMARTS) is 4. The summed E-state index contributed by atoms with van der Waals surface area (Å²) in [7, 11) is 0. The number of thioether (sulfide) groups is 1. The molecule has 9 N–H and O–H groups in total. The summed E-state index contributed by atoms with van der Waals surface area (Å²) in [5, 5.41) is 56.1. The Morgan fingerprint density at radius 2 is 0.936 bits per heavy atom. The summed E-state index contributed by atoms with van der Waals surface area (Å²) in [5.41, 5.74) is 0. The van der Waals surface area contributed by atoms with E-state index in [9.17, 15) is 58.2 Å². The van der Waals surface area contributed by atoms with Crippen LogP contribution in [-0.2, 0) is 66.9 Å². The molecule has 23 nitrogen and oxygen atoms in total. The van der Waals surface area contributed by atoms with E-state index in [0.29, 0.717) is 31.4 Å². The highest BCUT2D eigenvalue weighted by Crippen LogP contribution is 2.16. The Hall–Kier alpha value is -4.75. The van der Waals surface area contributed by atoms with Gasteiger partial charge in [-0.05, 0) is 44.9 Å². The van der Waals surface area contributed by atoms with E-state index in [0.717, 1.165) is 38.5 Å². The Balaban J connectivity index is 3.82. The predicted molar refractivity (Wildman–Crippen MR) is 291 cm³/mol. The number of hydrogen-bond acceptors (Lipinski definition) is 16. The average Bonchev–Trinajstić information content (AvgIpc) is 3.39. The van der Waals surface area contributed by atoms with Crippen LogP contribution in [0.2, 0.25) is 0 Å². The number of carbonyl (C=O) groups excluding carboxylic acids is 6. The highest BCUT2D eigenvalue weighted by Gasteiger charge is 2.24. The van der Waals surface area contributed by atoms with Crippen LogP contribution in [0.4, 0.5) is 0 Å². The molecule has 0 aliphatic rings. The number of nitrogens with one attached hydrogen (secondary N) is 4. The van der Waals surface area contributed by atoms with Crippen LogP contribution in [0, 0.1) is 11.8 Å². The van der Waals surface area contributed by atoms with Crippen LogP contribution in [-0.4, -0.2) is 181 Å². The molecule has 0 spiro atoms. The lowest BCUT2D eigenvalue weighted by Crippen LogP contribution is -2.42. The highest BCUT2D eigenvalue weighted by molar-refractivity contribution is 7.99. The van der Waals surface area contributed by atoms with Gasteiger partial charge in [0.2, 0.25) is 23.6 Å². The van der Waals surface area contributed by atoms with Crippen molar-refractivity contribution in [2.24, 2.45) is 11.8 Å². The van der Waals surface area contributed by atoms with E-state index < -0.39 is 66.9 Å². The minimum Gasteiger partial charge on any atom is -0.481 e. The number of ketones is 2. The monoisotopic (exact) mass is 1130 g/mol. The normalized spacial score (nSPS) is 12.7. The van der Waals surface area contributed by atoms with Gasteiger partial charge in [-0.2, -0.15) is 11.8 Å². The summed E-state index contributed by atoms with van der Waals surface area (Å²) in [6.45, 7) is 1.77. The zero-order valence-corrected chi connectivity index (χ0v) is 47.1. The molecule has 24 heteroatoms. The predicted octanol–water partition coefficient (Wildman–Crippen LogP) is 4.85. The summed E-state index contributed by atoms with van der Waals surface area (Å²) < 4.78 is 21.4. The molecule has 450 valence electrons. The Morgan fingerprint density at radius 3 is 1.47 bits per heavy atom. The minimum atomic E-state index is -1.25. The van der Waals surface area contributed by atoms with Crippen LogP contribution in [0.25, 0.3) is 0 Å². The second-order valence-electron chi connectivity index (χ2n) is 19.5. The number of aliphatic hydroxyl groups is 1. The molecule has 0 aromatic heterocycles. The molecule has 4 amide bonds. The maximum atomic E-state index is 12.4. The van der Waals surface area contributed by atoms with Crippen molar-refractivity contribution in [1.82, 2.24) is 21.3 Å². The van der Waals surface area contributed by atoms with Gasteiger partial charge in [0.1, 0.15) is 36.9 Å². The number of amides is 4.